The minimum atomic E-state index is -0.318. The van der Waals surface area contributed by atoms with Crippen LogP contribution in [-0.2, 0) is 0 Å². The Kier molecular flexibility index (Phi) is 3.53. The van der Waals surface area contributed by atoms with E-state index < -0.39 is 0 Å². The second kappa shape index (κ2) is 5.00. The number of fused-ring (bicyclic) bond motifs is 5. The van der Waals surface area contributed by atoms with E-state index in [-0.39, 0.29) is 23.0 Å². The summed E-state index contributed by atoms with van der Waals surface area (Å²) in [5.41, 5.74) is 1.76. The molecule has 0 saturated heterocycles. The highest BCUT2D eigenvalue weighted by atomic mass is 32.1. The summed E-state index contributed by atoms with van der Waals surface area (Å²) in [5, 5.41) is 21.9. The van der Waals surface area contributed by atoms with Gasteiger partial charge in [0.1, 0.15) is 0 Å². The summed E-state index contributed by atoms with van der Waals surface area (Å²) in [5.74, 6) is 1.42. The molecule has 124 valence electrons. The molecule has 3 fully saturated rings. The first-order valence-electron chi connectivity index (χ1n) is 9.11. The summed E-state index contributed by atoms with van der Waals surface area (Å²) >= 11 is 4.69. The van der Waals surface area contributed by atoms with Crippen molar-refractivity contribution in [3.63, 3.8) is 0 Å². The third-order valence-corrected chi connectivity index (χ3v) is 8.49. The molecule has 0 bridgehead atoms. The number of hydrogen-bond acceptors (Lipinski definition) is 3. The molecule has 0 radical (unpaired) electrons. The van der Waals surface area contributed by atoms with Crippen LogP contribution in [0, 0.1) is 28.6 Å². The van der Waals surface area contributed by atoms with Crippen molar-refractivity contribution in [2.45, 2.75) is 76.3 Å². The van der Waals surface area contributed by atoms with Crippen LogP contribution in [0.1, 0.15) is 58.8 Å². The SMILES string of the molecule is C[C@]12CCC(S)CC1=CC(O)[C@@H]1[C@H]2CC[C@]2(C)C(O)CC[C@@H]12. The van der Waals surface area contributed by atoms with Gasteiger partial charge in [-0.1, -0.05) is 25.5 Å². The zero-order valence-corrected chi connectivity index (χ0v) is 14.7. The van der Waals surface area contributed by atoms with E-state index in [0.29, 0.717) is 23.0 Å². The van der Waals surface area contributed by atoms with Gasteiger partial charge in [0.2, 0.25) is 0 Å². The van der Waals surface area contributed by atoms with Gasteiger partial charge in [-0.3, -0.25) is 0 Å². The monoisotopic (exact) mass is 322 g/mol. The summed E-state index contributed by atoms with van der Waals surface area (Å²) in [7, 11) is 0. The fourth-order valence-electron chi connectivity index (χ4n) is 6.60. The van der Waals surface area contributed by atoms with Gasteiger partial charge in [-0.2, -0.15) is 12.6 Å². The zero-order valence-electron chi connectivity index (χ0n) is 13.8. The predicted molar refractivity (Wildman–Crippen MR) is 91.9 cm³/mol. The summed E-state index contributed by atoms with van der Waals surface area (Å²) in [4.78, 5) is 0. The van der Waals surface area contributed by atoms with E-state index in [9.17, 15) is 10.2 Å². The Bertz CT molecular complexity index is 504. The highest BCUT2D eigenvalue weighted by molar-refractivity contribution is 7.80. The lowest BCUT2D eigenvalue weighted by atomic mass is 9.47. The van der Waals surface area contributed by atoms with Crippen LogP contribution >= 0.6 is 12.6 Å². The third-order valence-electron chi connectivity index (χ3n) is 8.05. The minimum absolute atomic E-state index is 0.0323. The third kappa shape index (κ3) is 1.94. The van der Waals surface area contributed by atoms with Gasteiger partial charge in [-0.05, 0) is 73.5 Å². The van der Waals surface area contributed by atoms with Gasteiger partial charge in [0.25, 0.3) is 0 Å². The Labute approximate surface area is 139 Å². The number of allylic oxidation sites excluding steroid dienone is 1. The maximum Gasteiger partial charge on any atom is 0.0757 e. The van der Waals surface area contributed by atoms with Gasteiger partial charge in [0.05, 0.1) is 12.2 Å². The molecule has 0 aliphatic heterocycles. The molecular weight excluding hydrogens is 292 g/mol. The van der Waals surface area contributed by atoms with Crippen molar-refractivity contribution in [1.29, 1.82) is 0 Å². The number of rotatable bonds is 0. The van der Waals surface area contributed by atoms with E-state index in [1.807, 2.05) is 0 Å². The van der Waals surface area contributed by atoms with Crippen molar-refractivity contribution in [2.24, 2.45) is 28.6 Å². The van der Waals surface area contributed by atoms with Crippen LogP contribution in [0.5, 0.6) is 0 Å². The maximum atomic E-state index is 10.9. The molecule has 0 aromatic carbocycles. The fraction of sp³-hybridized carbons (Fsp3) is 0.895. The van der Waals surface area contributed by atoms with Crippen molar-refractivity contribution in [3.05, 3.63) is 11.6 Å². The number of thiol groups is 1. The van der Waals surface area contributed by atoms with Crippen LogP contribution in [0.25, 0.3) is 0 Å². The molecule has 4 aliphatic rings. The minimum Gasteiger partial charge on any atom is -0.393 e. The summed E-state index contributed by atoms with van der Waals surface area (Å²) in [6.45, 7) is 4.71. The second-order valence-corrected chi connectivity index (χ2v) is 9.65. The van der Waals surface area contributed by atoms with Crippen molar-refractivity contribution < 1.29 is 10.2 Å². The lowest BCUT2D eigenvalue weighted by molar-refractivity contribution is -0.101. The smallest absolute Gasteiger partial charge is 0.0757 e. The first kappa shape index (κ1) is 15.5. The molecule has 2 N–H and O–H groups in total. The Balaban J connectivity index is 1.73. The normalized spacial score (nSPS) is 57.6. The van der Waals surface area contributed by atoms with Crippen LogP contribution in [-0.4, -0.2) is 27.7 Å². The van der Waals surface area contributed by atoms with Crippen LogP contribution in [0.2, 0.25) is 0 Å². The maximum absolute atomic E-state index is 10.9. The lowest BCUT2D eigenvalue weighted by Gasteiger charge is -2.58. The van der Waals surface area contributed by atoms with E-state index in [1.54, 1.807) is 0 Å². The van der Waals surface area contributed by atoms with E-state index >= 15 is 0 Å². The summed E-state index contributed by atoms with van der Waals surface area (Å²) in [6.07, 6.45) is 9.45. The Morgan fingerprint density at radius 3 is 2.59 bits per heavy atom. The van der Waals surface area contributed by atoms with Crippen molar-refractivity contribution in [1.82, 2.24) is 0 Å². The van der Waals surface area contributed by atoms with Crippen LogP contribution < -0.4 is 0 Å². The standard InChI is InChI=1S/C19H30O2S/c1-18-7-5-12(22)9-11(18)10-15(20)17-13-3-4-16(21)19(13,2)8-6-14(17)18/h10,12-17,20-22H,3-9H2,1-2H3/t12?,13-,14+,15?,16?,17-,18-,19-/m0/s1. The van der Waals surface area contributed by atoms with Crippen LogP contribution in [0.3, 0.4) is 0 Å². The predicted octanol–water partition coefficient (Wildman–Crippen LogP) is 3.58. The lowest BCUT2D eigenvalue weighted by Crippen LogP contribution is -2.55. The Morgan fingerprint density at radius 2 is 1.82 bits per heavy atom. The van der Waals surface area contributed by atoms with Crippen LogP contribution in [0.15, 0.2) is 11.6 Å². The number of aliphatic hydroxyl groups excluding tert-OH is 2. The molecule has 0 aromatic heterocycles. The molecule has 3 heteroatoms. The average Bonchev–Trinajstić information content (AvgIpc) is 2.77. The molecule has 8 atom stereocenters. The van der Waals surface area contributed by atoms with Crippen molar-refractivity contribution in [2.75, 3.05) is 0 Å². The molecule has 0 heterocycles. The molecule has 3 unspecified atom stereocenters. The average molecular weight is 323 g/mol. The first-order valence-corrected chi connectivity index (χ1v) is 9.63. The number of aliphatic hydroxyl groups is 2. The van der Waals surface area contributed by atoms with Gasteiger partial charge >= 0.3 is 0 Å². The highest BCUT2D eigenvalue weighted by Gasteiger charge is 2.60. The fourth-order valence-corrected chi connectivity index (χ4v) is 6.93. The zero-order chi connectivity index (χ0) is 15.7. The molecule has 0 amide bonds. The van der Waals surface area contributed by atoms with Gasteiger partial charge in [-0.25, -0.2) is 0 Å². The van der Waals surface area contributed by atoms with Gasteiger partial charge in [0, 0.05) is 5.25 Å². The Hall–Kier alpha value is 0.01000. The molecule has 0 spiro atoms. The molecule has 2 nitrogen and oxygen atoms in total. The molecule has 3 saturated carbocycles. The first-order chi connectivity index (χ1) is 10.4. The largest absolute Gasteiger partial charge is 0.393 e. The molecule has 0 aromatic rings. The molecular formula is C19H30O2S. The van der Waals surface area contributed by atoms with Gasteiger partial charge < -0.3 is 10.2 Å². The van der Waals surface area contributed by atoms with E-state index in [1.165, 1.54) is 18.4 Å². The summed E-state index contributed by atoms with van der Waals surface area (Å²) < 4.78 is 0. The van der Waals surface area contributed by atoms with Crippen LogP contribution in [0.4, 0.5) is 0 Å². The second-order valence-electron chi connectivity index (χ2n) is 8.92. The molecule has 22 heavy (non-hydrogen) atoms. The molecule has 4 rings (SSSR count). The van der Waals surface area contributed by atoms with E-state index in [2.05, 4.69) is 19.9 Å². The van der Waals surface area contributed by atoms with Crippen molar-refractivity contribution in [3.8, 4) is 0 Å². The topological polar surface area (TPSA) is 40.5 Å². The van der Waals surface area contributed by atoms with Gasteiger partial charge in [0.15, 0.2) is 0 Å². The van der Waals surface area contributed by atoms with E-state index in [0.717, 1.165) is 32.1 Å². The number of hydrogen-bond donors (Lipinski definition) is 3. The Morgan fingerprint density at radius 1 is 1.05 bits per heavy atom. The molecule has 4 aliphatic carbocycles. The van der Waals surface area contributed by atoms with Gasteiger partial charge in [-0.15, -0.1) is 0 Å². The highest BCUT2D eigenvalue weighted by Crippen LogP contribution is 2.64. The van der Waals surface area contributed by atoms with Crippen molar-refractivity contribution >= 4 is 12.6 Å². The van der Waals surface area contributed by atoms with E-state index in [4.69, 9.17) is 12.6 Å². The quantitative estimate of drug-likeness (QED) is 0.471. The summed E-state index contributed by atoms with van der Waals surface area (Å²) in [6, 6.07) is 0.